The maximum Gasteiger partial charge on any atom is 0.163 e. The molecule has 0 saturated carbocycles. The van der Waals surface area contributed by atoms with Crippen molar-refractivity contribution in [1.82, 2.24) is 9.97 Å². The van der Waals surface area contributed by atoms with Gasteiger partial charge in [-0.25, -0.2) is 9.97 Å². The van der Waals surface area contributed by atoms with Crippen LogP contribution in [0.5, 0.6) is 5.75 Å². The van der Waals surface area contributed by atoms with Gasteiger partial charge in [0.05, 0.1) is 18.2 Å². The molecule has 2 N–H and O–H groups in total. The van der Waals surface area contributed by atoms with E-state index in [4.69, 9.17) is 26.3 Å². The van der Waals surface area contributed by atoms with Gasteiger partial charge in [-0.05, 0) is 31.0 Å². The molecule has 1 aromatic heterocycles. The molecule has 0 spiro atoms. The summed E-state index contributed by atoms with van der Waals surface area (Å²) in [5, 5.41) is 13.7. The number of aromatic nitrogens is 2. The second kappa shape index (κ2) is 8.68. The lowest BCUT2D eigenvalue weighted by molar-refractivity contribution is 0.145. The summed E-state index contributed by atoms with van der Waals surface area (Å²) in [6.07, 6.45) is 1.24. The molecule has 0 bridgehead atoms. The van der Waals surface area contributed by atoms with Crippen LogP contribution in [0.25, 0.3) is 11.4 Å². The number of ether oxygens (including phenoxy) is 1. The highest BCUT2D eigenvalue weighted by Gasteiger charge is 2.20. The Morgan fingerprint density at radius 1 is 1.07 bits per heavy atom. The molecule has 0 atom stereocenters. The van der Waals surface area contributed by atoms with Crippen molar-refractivity contribution in [2.24, 2.45) is 0 Å². The minimum absolute atomic E-state index is 0.235. The Bertz CT molecular complexity index is 976. The molecule has 1 aliphatic rings. The number of aliphatic hydroxyl groups is 1. The fraction of sp³-hybridized carbons (Fsp3) is 0.273. The minimum Gasteiger partial charge on any atom is -0.495 e. The van der Waals surface area contributed by atoms with Gasteiger partial charge in [0.1, 0.15) is 17.4 Å². The Hall–Kier alpha value is -2.83. The molecule has 29 heavy (non-hydrogen) atoms. The Kier molecular flexibility index (Phi) is 5.83. The summed E-state index contributed by atoms with van der Waals surface area (Å²) in [7, 11) is 1.59. The normalized spacial score (nSPS) is 14.7. The predicted octanol–water partition coefficient (Wildman–Crippen LogP) is 4.51. The summed E-state index contributed by atoms with van der Waals surface area (Å²) < 4.78 is 5.22. The fourth-order valence-electron chi connectivity index (χ4n) is 3.36. The van der Waals surface area contributed by atoms with E-state index in [0.717, 1.165) is 43.0 Å². The molecule has 1 aliphatic heterocycles. The zero-order chi connectivity index (χ0) is 20.2. The molecule has 0 unspecified atom stereocenters. The van der Waals surface area contributed by atoms with Crippen LogP contribution in [0.15, 0.2) is 54.6 Å². The summed E-state index contributed by atoms with van der Waals surface area (Å²) in [6, 6.07) is 17.3. The van der Waals surface area contributed by atoms with Crippen LogP contribution in [0.4, 0.5) is 17.3 Å². The number of nitrogens with one attached hydrogen (secondary N) is 1. The van der Waals surface area contributed by atoms with Crippen molar-refractivity contribution >= 4 is 28.9 Å². The van der Waals surface area contributed by atoms with Crippen LogP contribution >= 0.6 is 11.6 Å². The van der Waals surface area contributed by atoms with E-state index in [1.807, 2.05) is 54.6 Å². The largest absolute Gasteiger partial charge is 0.495 e. The lowest BCUT2D eigenvalue weighted by Gasteiger charge is -2.30. The molecule has 2 heterocycles. The van der Waals surface area contributed by atoms with Crippen LogP contribution in [0, 0.1) is 0 Å². The topological polar surface area (TPSA) is 70.5 Å². The molecule has 0 radical (unpaired) electrons. The number of aliphatic hydroxyl groups excluding tert-OH is 1. The highest BCUT2D eigenvalue weighted by Crippen LogP contribution is 2.30. The number of rotatable bonds is 5. The molecule has 7 heteroatoms. The van der Waals surface area contributed by atoms with E-state index in [2.05, 4.69) is 10.2 Å². The number of hydrogen-bond donors (Lipinski definition) is 2. The summed E-state index contributed by atoms with van der Waals surface area (Å²) in [5.74, 6) is 2.79. The maximum absolute atomic E-state index is 9.83. The first kappa shape index (κ1) is 19.5. The second-order valence-electron chi connectivity index (χ2n) is 6.99. The molecular formula is C22H23ClN4O2. The SMILES string of the molecule is COc1ccc(Nc2cc(N3CCC(O)CC3)nc(-c3ccccc3)n2)cc1Cl. The van der Waals surface area contributed by atoms with Gasteiger partial charge in [-0.3, -0.25) is 0 Å². The molecular weight excluding hydrogens is 388 g/mol. The average Bonchev–Trinajstić information content (AvgIpc) is 2.75. The van der Waals surface area contributed by atoms with Crippen molar-refractivity contribution in [3.05, 3.63) is 59.6 Å². The van der Waals surface area contributed by atoms with Crippen LogP contribution in [0.3, 0.4) is 0 Å². The van der Waals surface area contributed by atoms with Crippen LogP contribution in [-0.4, -0.2) is 41.4 Å². The molecule has 1 fully saturated rings. The zero-order valence-corrected chi connectivity index (χ0v) is 16.9. The van der Waals surface area contributed by atoms with Crippen molar-refractivity contribution in [2.75, 3.05) is 30.4 Å². The van der Waals surface area contributed by atoms with Gasteiger partial charge in [-0.1, -0.05) is 41.9 Å². The smallest absolute Gasteiger partial charge is 0.163 e. The Morgan fingerprint density at radius 2 is 1.83 bits per heavy atom. The van der Waals surface area contributed by atoms with Gasteiger partial charge < -0.3 is 20.1 Å². The van der Waals surface area contributed by atoms with Gasteiger partial charge in [0.15, 0.2) is 5.82 Å². The Morgan fingerprint density at radius 3 is 2.52 bits per heavy atom. The summed E-state index contributed by atoms with van der Waals surface area (Å²) in [6.45, 7) is 1.53. The summed E-state index contributed by atoms with van der Waals surface area (Å²) in [4.78, 5) is 11.7. The van der Waals surface area contributed by atoms with Crippen LogP contribution in [0.1, 0.15) is 12.8 Å². The number of benzene rings is 2. The molecule has 2 aromatic carbocycles. The maximum atomic E-state index is 9.83. The molecule has 0 amide bonds. The van der Waals surface area contributed by atoms with Crippen molar-refractivity contribution in [2.45, 2.75) is 18.9 Å². The van der Waals surface area contributed by atoms with E-state index in [1.165, 1.54) is 0 Å². The number of piperidine rings is 1. The van der Waals surface area contributed by atoms with Gasteiger partial charge in [-0.2, -0.15) is 0 Å². The van der Waals surface area contributed by atoms with Gasteiger partial charge in [0.2, 0.25) is 0 Å². The first-order valence-corrected chi connectivity index (χ1v) is 9.98. The van der Waals surface area contributed by atoms with Crippen LogP contribution < -0.4 is 15.0 Å². The first-order valence-electron chi connectivity index (χ1n) is 9.60. The first-order chi connectivity index (χ1) is 14.1. The predicted molar refractivity (Wildman–Crippen MR) is 116 cm³/mol. The number of anilines is 3. The van der Waals surface area contributed by atoms with Gasteiger partial charge >= 0.3 is 0 Å². The fourth-order valence-corrected chi connectivity index (χ4v) is 3.62. The third-order valence-corrected chi connectivity index (χ3v) is 5.25. The van der Waals surface area contributed by atoms with E-state index >= 15 is 0 Å². The number of nitrogens with zero attached hydrogens (tertiary/aromatic N) is 3. The van der Waals surface area contributed by atoms with E-state index in [1.54, 1.807) is 7.11 Å². The lowest BCUT2D eigenvalue weighted by atomic mass is 10.1. The summed E-state index contributed by atoms with van der Waals surface area (Å²) in [5.41, 5.74) is 1.76. The van der Waals surface area contributed by atoms with Gasteiger partial charge in [0.25, 0.3) is 0 Å². The van der Waals surface area contributed by atoms with Crippen LogP contribution in [0.2, 0.25) is 5.02 Å². The molecule has 1 saturated heterocycles. The highest BCUT2D eigenvalue weighted by atomic mass is 35.5. The Balaban J connectivity index is 1.68. The lowest BCUT2D eigenvalue weighted by Crippen LogP contribution is -2.36. The molecule has 4 rings (SSSR count). The highest BCUT2D eigenvalue weighted by molar-refractivity contribution is 6.32. The second-order valence-corrected chi connectivity index (χ2v) is 7.40. The van der Waals surface area contributed by atoms with Crippen molar-refractivity contribution in [1.29, 1.82) is 0 Å². The number of hydrogen-bond acceptors (Lipinski definition) is 6. The van der Waals surface area contributed by atoms with E-state index in [9.17, 15) is 5.11 Å². The number of halogens is 1. The molecule has 6 nitrogen and oxygen atoms in total. The zero-order valence-electron chi connectivity index (χ0n) is 16.2. The van der Waals surface area contributed by atoms with Crippen molar-refractivity contribution < 1.29 is 9.84 Å². The summed E-state index contributed by atoms with van der Waals surface area (Å²) >= 11 is 6.26. The minimum atomic E-state index is -0.235. The number of methoxy groups -OCH3 is 1. The van der Waals surface area contributed by atoms with E-state index in [-0.39, 0.29) is 6.10 Å². The average molecular weight is 411 g/mol. The third-order valence-electron chi connectivity index (χ3n) is 4.96. The van der Waals surface area contributed by atoms with Gasteiger partial charge in [0, 0.05) is 30.4 Å². The van der Waals surface area contributed by atoms with Crippen LogP contribution in [-0.2, 0) is 0 Å². The molecule has 3 aromatic rings. The standard InChI is InChI=1S/C22H23ClN4O2/c1-29-19-8-7-16(13-18(19)23)24-20-14-21(27-11-9-17(28)10-12-27)26-22(25-20)15-5-3-2-4-6-15/h2-8,13-14,17,28H,9-12H2,1H3,(H,24,25,26). The monoisotopic (exact) mass is 410 g/mol. The van der Waals surface area contributed by atoms with E-state index in [0.29, 0.717) is 22.4 Å². The van der Waals surface area contributed by atoms with Crippen molar-refractivity contribution in [3.8, 4) is 17.1 Å². The molecule has 150 valence electrons. The molecule has 0 aliphatic carbocycles. The van der Waals surface area contributed by atoms with Crippen molar-refractivity contribution in [3.63, 3.8) is 0 Å². The Labute approximate surface area is 175 Å². The third kappa shape index (κ3) is 4.60. The quantitative estimate of drug-likeness (QED) is 0.644. The van der Waals surface area contributed by atoms with E-state index < -0.39 is 0 Å². The van der Waals surface area contributed by atoms with Gasteiger partial charge in [-0.15, -0.1) is 0 Å².